The predicted molar refractivity (Wildman–Crippen MR) is 119 cm³/mol. The molecule has 0 radical (unpaired) electrons. The van der Waals surface area contributed by atoms with Crippen LogP contribution in [0.25, 0.3) is 11.1 Å². The highest BCUT2D eigenvalue weighted by atomic mass is 35.5. The molecule has 1 unspecified atom stereocenters. The number of piperidine rings is 1. The third-order valence-corrected chi connectivity index (χ3v) is 5.40. The van der Waals surface area contributed by atoms with Gasteiger partial charge in [0.2, 0.25) is 0 Å². The van der Waals surface area contributed by atoms with Gasteiger partial charge in [0.1, 0.15) is 12.4 Å². The molecule has 3 rings (SSSR count). The summed E-state index contributed by atoms with van der Waals surface area (Å²) in [5, 5.41) is 14.1. The number of aliphatic carboxylic acids is 1. The van der Waals surface area contributed by atoms with Gasteiger partial charge in [-0.05, 0) is 49.2 Å². The molecule has 1 fully saturated rings. The highest BCUT2D eigenvalue weighted by molar-refractivity contribution is 6.36. The Morgan fingerprint density at radius 1 is 1.27 bits per heavy atom. The van der Waals surface area contributed by atoms with E-state index in [-0.39, 0.29) is 18.3 Å². The smallest absolute Gasteiger partial charge is 0.307 e. The van der Waals surface area contributed by atoms with E-state index in [2.05, 4.69) is 10.1 Å². The van der Waals surface area contributed by atoms with E-state index in [9.17, 15) is 9.18 Å². The maximum atomic E-state index is 13.7. The standard InChI is InChI=1S/C21H21Cl2FN2O3.ClH/c22-16-3-5-19(20(23)11-16)18-6-4-17(24)10-15(18)12-25-29-9-8-26-7-1-2-14(13-26)21(27)28;/h3-6,10-12,14H,1-2,7-9,13H2,(H,27,28);1H/b25-12+;. The van der Waals surface area contributed by atoms with Crippen LogP contribution in [0.4, 0.5) is 4.39 Å². The number of benzene rings is 2. The van der Waals surface area contributed by atoms with Crippen molar-refractivity contribution in [1.82, 2.24) is 4.90 Å². The molecule has 1 heterocycles. The summed E-state index contributed by atoms with van der Waals surface area (Å²) in [6, 6.07) is 9.45. The lowest BCUT2D eigenvalue weighted by Crippen LogP contribution is -2.40. The van der Waals surface area contributed by atoms with Crippen molar-refractivity contribution in [3.8, 4) is 11.1 Å². The maximum Gasteiger partial charge on any atom is 0.307 e. The Hall–Kier alpha value is -1.86. The summed E-state index contributed by atoms with van der Waals surface area (Å²) in [6.07, 6.45) is 3.01. The van der Waals surface area contributed by atoms with Crippen molar-refractivity contribution in [3.63, 3.8) is 0 Å². The lowest BCUT2D eigenvalue weighted by molar-refractivity contribution is -0.143. The van der Waals surface area contributed by atoms with Crippen LogP contribution in [0, 0.1) is 11.7 Å². The van der Waals surface area contributed by atoms with Crippen LogP contribution in [0.15, 0.2) is 41.6 Å². The molecule has 162 valence electrons. The van der Waals surface area contributed by atoms with Crippen molar-refractivity contribution >= 4 is 47.8 Å². The molecule has 2 aromatic carbocycles. The van der Waals surface area contributed by atoms with Crippen molar-refractivity contribution < 1.29 is 19.1 Å². The van der Waals surface area contributed by atoms with Gasteiger partial charge in [-0.1, -0.05) is 40.5 Å². The molecule has 5 nitrogen and oxygen atoms in total. The second kappa shape index (κ2) is 11.5. The van der Waals surface area contributed by atoms with E-state index in [4.69, 9.17) is 33.1 Å². The molecular weight excluding hydrogens is 454 g/mol. The van der Waals surface area contributed by atoms with Crippen LogP contribution in [0.1, 0.15) is 18.4 Å². The Morgan fingerprint density at radius 2 is 2.03 bits per heavy atom. The molecule has 1 aliphatic heterocycles. The second-order valence-corrected chi connectivity index (χ2v) is 7.75. The van der Waals surface area contributed by atoms with Gasteiger partial charge in [0.25, 0.3) is 0 Å². The van der Waals surface area contributed by atoms with E-state index in [0.717, 1.165) is 13.0 Å². The maximum absolute atomic E-state index is 13.7. The molecule has 9 heteroatoms. The zero-order chi connectivity index (χ0) is 20.8. The summed E-state index contributed by atoms with van der Waals surface area (Å²) in [5.74, 6) is -1.48. The van der Waals surface area contributed by atoms with Gasteiger partial charge in [-0.3, -0.25) is 9.69 Å². The first-order valence-corrected chi connectivity index (χ1v) is 10.0. The Morgan fingerprint density at radius 3 is 2.77 bits per heavy atom. The first kappa shape index (κ1) is 24.4. The minimum atomic E-state index is -0.756. The minimum Gasteiger partial charge on any atom is -0.481 e. The van der Waals surface area contributed by atoms with E-state index in [0.29, 0.717) is 52.9 Å². The highest BCUT2D eigenvalue weighted by Gasteiger charge is 2.24. The fraction of sp³-hybridized carbons (Fsp3) is 0.333. The van der Waals surface area contributed by atoms with Crippen LogP contribution in [0.3, 0.4) is 0 Å². The molecule has 0 aliphatic carbocycles. The van der Waals surface area contributed by atoms with E-state index < -0.39 is 11.8 Å². The average molecular weight is 476 g/mol. The molecule has 1 aliphatic rings. The lowest BCUT2D eigenvalue weighted by Gasteiger charge is -2.29. The van der Waals surface area contributed by atoms with E-state index in [1.165, 1.54) is 18.3 Å². The molecule has 30 heavy (non-hydrogen) atoms. The summed E-state index contributed by atoms with van der Waals surface area (Å²) in [5.41, 5.74) is 1.95. The molecule has 0 amide bonds. The molecule has 1 atom stereocenters. The molecule has 2 aromatic rings. The summed E-state index contributed by atoms with van der Waals surface area (Å²) < 4.78 is 13.7. The number of hydrogen-bond acceptors (Lipinski definition) is 4. The van der Waals surface area contributed by atoms with Crippen LogP contribution >= 0.6 is 35.6 Å². The SMILES string of the molecule is Cl.O=C(O)C1CCCN(CCO/N=C/c2cc(F)ccc2-c2ccc(Cl)cc2Cl)C1. The van der Waals surface area contributed by atoms with Crippen molar-refractivity contribution in [3.05, 3.63) is 57.8 Å². The average Bonchev–Trinajstić information content (AvgIpc) is 2.69. The van der Waals surface area contributed by atoms with Crippen LogP contribution in [0.5, 0.6) is 0 Å². The third kappa shape index (κ3) is 6.57. The molecule has 0 bridgehead atoms. The normalized spacial score (nSPS) is 17.0. The number of rotatable bonds is 7. The molecule has 1 N–H and O–H groups in total. The number of carbonyl (C=O) groups is 1. The van der Waals surface area contributed by atoms with E-state index in [1.54, 1.807) is 24.3 Å². The number of carboxylic acids is 1. The van der Waals surface area contributed by atoms with E-state index >= 15 is 0 Å². The summed E-state index contributed by atoms with van der Waals surface area (Å²) in [4.78, 5) is 18.5. The van der Waals surface area contributed by atoms with Gasteiger partial charge in [0.05, 0.1) is 12.1 Å². The van der Waals surface area contributed by atoms with Gasteiger partial charge in [-0.15, -0.1) is 12.4 Å². The van der Waals surface area contributed by atoms with Gasteiger partial charge in [-0.2, -0.15) is 0 Å². The van der Waals surface area contributed by atoms with E-state index in [1.807, 2.05) is 0 Å². The van der Waals surface area contributed by atoms with Crippen molar-refractivity contribution in [1.29, 1.82) is 0 Å². The Labute approximate surface area is 190 Å². The fourth-order valence-electron chi connectivity index (χ4n) is 3.37. The van der Waals surface area contributed by atoms with Gasteiger partial charge >= 0.3 is 5.97 Å². The Kier molecular flexibility index (Phi) is 9.37. The van der Waals surface area contributed by atoms with Gasteiger partial charge in [0, 0.05) is 34.3 Å². The van der Waals surface area contributed by atoms with Crippen molar-refractivity contribution in [2.45, 2.75) is 12.8 Å². The van der Waals surface area contributed by atoms with Crippen LogP contribution in [-0.2, 0) is 9.63 Å². The second-order valence-electron chi connectivity index (χ2n) is 6.90. The van der Waals surface area contributed by atoms with Crippen molar-refractivity contribution in [2.24, 2.45) is 11.1 Å². The lowest BCUT2D eigenvalue weighted by atomic mass is 9.98. The third-order valence-electron chi connectivity index (χ3n) is 4.85. The van der Waals surface area contributed by atoms with Crippen LogP contribution in [-0.4, -0.2) is 48.4 Å². The first-order valence-electron chi connectivity index (χ1n) is 9.29. The largest absolute Gasteiger partial charge is 0.481 e. The monoisotopic (exact) mass is 474 g/mol. The van der Waals surface area contributed by atoms with Gasteiger partial charge in [-0.25, -0.2) is 4.39 Å². The molecule has 0 spiro atoms. The number of nitrogens with zero attached hydrogens (tertiary/aromatic N) is 2. The Balaban J connectivity index is 0.00000320. The number of oxime groups is 1. The highest BCUT2D eigenvalue weighted by Crippen LogP contribution is 2.32. The van der Waals surface area contributed by atoms with Crippen LogP contribution < -0.4 is 0 Å². The quantitative estimate of drug-likeness (QED) is 0.332. The van der Waals surface area contributed by atoms with Gasteiger partial charge < -0.3 is 9.94 Å². The van der Waals surface area contributed by atoms with Crippen molar-refractivity contribution in [2.75, 3.05) is 26.2 Å². The summed E-state index contributed by atoms with van der Waals surface area (Å²) >= 11 is 12.2. The molecule has 1 saturated heterocycles. The fourth-order valence-corrected chi connectivity index (χ4v) is 3.88. The number of hydrogen-bond donors (Lipinski definition) is 1. The topological polar surface area (TPSA) is 62.1 Å². The summed E-state index contributed by atoms with van der Waals surface area (Å²) in [7, 11) is 0. The zero-order valence-electron chi connectivity index (χ0n) is 16.1. The summed E-state index contributed by atoms with van der Waals surface area (Å²) in [6.45, 7) is 2.26. The number of halogens is 4. The molecule has 0 aromatic heterocycles. The minimum absolute atomic E-state index is 0. The Bertz CT molecular complexity index is 911. The zero-order valence-corrected chi connectivity index (χ0v) is 18.4. The van der Waals surface area contributed by atoms with Gasteiger partial charge in [0.15, 0.2) is 0 Å². The molecule has 0 saturated carbocycles. The number of carboxylic acid groups (broad SMARTS) is 1. The predicted octanol–water partition coefficient (Wildman–Crippen LogP) is 5.37. The molecular formula is C21H22Cl3FN2O3. The van der Waals surface area contributed by atoms with Crippen LogP contribution in [0.2, 0.25) is 10.0 Å². The number of likely N-dealkylation sites (tertiary alicyclic amines) is 1. The first-order chi connectivity index (χ1) is 13.9.